The molecule has 2 aromatic rings. The van der Waals surface area contributed by atoms with Crippen molar-refractivity contribution in [3.8, 4) is 0 Å². The number of nitrogens with zero attached hydrogens (tertiary/aromatic N) is 2. The van der Waals surface area contributed by atoms with Crippen molar-refractivity contribution in [3.05, 3.63) is 51.0 Å². The molecule has 0 radical (unpaired) electrons. The summed E-state index contributed by atoms with van der Waals surface area (Å²) in [7, 11) is 1.83. The molecule has 1 aliphatic carbocycles. The van der Waals surface area contributed by atoms with E-state index in [9.17, 15) is 0 Å². The summed E-state index contributed by atoms with van der Waals surface area (Å²) in [5.41, 5.74) is 4.25. The first-order valence-electron chi connectivity index (χ1n) is 8.47. The number of hydrogen-bond donors (Lipinski definition) is 2. The molecule has 0 saturated heterocycles. The molecular weight excluding hydrogens is 316 g/mol. The van der Waals surface area contributed by atoms with Crippen LogP contribution in [0.15, 0.2) is 29.3 Å². The van der Waals surface area contributed by atoms with Crippen LogP contribution in [0.4, 0.5) is 0 Å². The van der Waals surface area contributed by atoms with E-state index in [1.54, 1.807) is 11.3 Å². The van der Waals surface area contributed by atoms with Crippen LogP contribution in [0.5, 0.6) is 0 Å². The number of rotatable bonds is 5. The van der Waals surface area contributed by atoms with E-state index in [-0.39, 0.29) is 5.41 Å². The highest BCUT2D eigenvalue weighted by Crippen LogP contribution is 2.48. The predicted molar refractivity (Wildman–Crippen MR) is 102 cm³/mol. The van der Waals surface area contributed by atoms with E-state index in [1.165, 1.54) is 28.8 Å². The molecule has 5 heteroatoms. The molecule has 0 amide bonds. The number of benzene rings is 1. The Kier molecular flexibility index (Phi) is 4.90. The largest absolute Gasteiger partial charge is 0.356 e. The first-order chi connectivity index (χ1) is 11.5. The van der Waals surface area contributed by atoms with Gasteiger partial charge in [-0.05, 0) is 44.7 Å². The molecule has 4 nitrogen and oxygen atoms in total. The highest BCUT2D eigenvalue weighted by molar-refractivity contribution is 7.11. The summed E-state index contributed by atoms with van der Waals surface area (Å²) in [5.74, 6) is 0.861. The summed E-state index contributed by atoms with van der Waals surface area (Å²) in [6, 6.07) is 8.73. The normalized spacial score (nSPS) is 16.1. The Balaban J connectivity index is 1.59. The Bertz CT molecular complexity index is 744. The summed E-state index contributed by atoms with van der Waals surface area (Å²) in [6.45, 7) is 8.02. The lowest BCUT2D eigenvalue weighted by Crippen LogP contribution is -2.41. The number of aromatic nitrogens is 1. The van der Waals surface area contributed by atoms with Gasteiger partial charge in [-0.25, -0.2) is 4.98 Å². The molecule has 2 N–H and O–H groups in total. The van der Waals surface area contributed by atoms with Crippen molar-refractivity contribution in [3.63, 3.8) is 0 Å². The third kappa shape index (κ3) is 3.61. The second-order valence-corrected chi connectivity index (χ2v) is 7.90. The second-order valence-electron chi connectivity index (χ2n) is 6.62. The van der Waals surface area contributed by atoms with Gasteiger partial charge in [0.05, 0.1) is 17.2 Å². The molecule has 0 atom stereocenters. The molecule has 1 aliphatic rings. The Morgan fingerprint density at radius 1 is 1.21 bits per heavy atom. The van der Waals surface area contributed by atoms with E-state index in [1.807, 2.05) is 14.0 Å². The summed E-state index contributed by atoms with van der Waals surface area (Å²) < 4.78 is 0. The number of aryl methyl sites for hydroxylation is 3. The van der Waals surface area contributed by atoms with Crippen molar-refractivity contribution in [1.29, 1.82) is 0 Å². The molecule has 1 aromatic carbocycles. The van der Waals surface area contributed by atoms with Gasteiger partial charge in [0.25, 0.3) is 0 Å². The lowest BCUT2D eigenvalue weighted by Gasteiger charge is -2.20. The molecule has 1 fully saturated rings. The minimum absolute atomic E-state index is 0.278. The lowest BCUT2D eigenvalue weighted by atomic mass is 9.92. The fourth-order valence-electron chi connectivity index (χ4n) is 3.24. The predicted octanol–water partition coefficient (Wildman–Crippen LogP) is 3.47. The van der Waals surface area contributed by atoms with Crippen LogP contribution in [0.2, 0.25) is 0 Å². The number of guanidine groups is 1. The van der Waals surface area contributed by atoms with Crippen LogP contribution in [-0.4, -0.2) is 24.5 Å². The highest BCUT2D eigenvalue weighted by Gasteiger charge is 2.44. The van der Waals surface area contributed by atoms with Gasteiger partial charge in [-0.2, -0.15) is 0 Å². The van der Waals surface area contributed by atoms with Crippen molar-refractivity contribution < 1.29 is 0 Å². The number of hydrogen-bond acceptors (Lipinski definition) is 3. The van der Waals surface area contributed by atoms with Crippen molar-refractivity contribution in [1.82, 2.24) is 15.6 Å². The number of nitrogens with one attached hydrogen (secondary N) is 2. The quantitative estimate of drug-likeness (QED) is 0.646. The van der Waals surface area contributed by atoms with Gasteiger partial charge in [-0.3, -0.25) is 4.99 Å². The molecule has 128 valence electrons. The number of aliphatic imine (C=N–C) groups is 1. The molecule has 24 heavy (non-hydrogen) atoms. The van der Waals surface area contributed by atoms with Crippen molar-refractivity contribution in [2.45, 2.75) is 45.6 Å². The minimum atomic E-state index is 0.278. The topological polar surface area (TPSA) is 49.3 Å². The average molecular weight is 343 g/mol. The van der Waals surface area contributed by atoms with Crippen molar-refractivity contribution in [2.75, 3.05) is 13.6 Å². The average Bonchev–Trinajstić information content (AvgIpc) is 3.27. The standard InChI is InChI=1S/C19H26N4S/c1-13-7-5-6-8-16(13)19(9-10-19)12-22-18(20-4)21-11-17-14(2)23-15(3)24-17/h5-8H,9-12H2,1-4H3,(H2,20,21,22). The first-order valence-corrected chi connectivity index (χ1v) is 9.29. The van der Waals surface area contributed by atoms with Gasteiger partial charge in [0.15, 0.2) is 5.96 Å². The molecule has 0 spiro atoms. The van der Waals surface area contributed by atoms with Crippen LogP contribution in [0.25, 0.3) is 0 Å². The van der Waals surface area contributed by atoms with E-state index in [4.69, 9.17) is 0 Å². The first kappa shape index (κ1) is 17.0. The SMILES string of the molecule is CN=C(NCc1sc(C)nc1C)NCC1(c2ccccc2C)CC1. The minimum Gasteiger partial charge on any atom is -0.356 e. The van der Waals surface area contributed by atoms with Crippen molar-refractivity contribution >= 4 is 17.3 Å². The zero-order valence-corrected chi connectivity index (χ0v) is 15.8. The lowest BCUT2D eigenvalue weighted by molar-refractivity contribution is 0.642. The third-order valence-corrected chi connectivity index (χ3v) is 5.88. The maximum absolute atomic E-state index is 4.48. The van der Waals surface area contributed by atoms with Gasteiger partial charge >= 0.3 is 0 Å². The molecule has 0 bridgehead atoms. The van der Waals surface area contributed by atoms with E-state index >= 15 is 0 Å². The van der Waals surface area contributed by atoms with E-state index in [0.717, 1.165) is 29.8 Å². The third-order valence-electron chi connectivity index (χ3n) is 4.80. The van der Waals surface area contributed by atoms with Gasteiger partial charge in [0.1, 0.15) is 0 Å². The zero-order valence-electron chi connectivity index (χ0n) is 14.9. The smallest absolute Gasteiger partial charge is 0.191 e. The molecular formula is C19H26N4S. The van der Waals surface area contributed by atoms with Gasteiger partial charge in [-0.15, -0.1) is 11.3 Å². The van der Waals surface area contributed by atoms with Crippen LogP contribution in [0, 0.1) is 20.8 Å². The van der Waals surface area contributed by atoms with Gasteiger partial charge < -0.3 is 10.6 Å². The van der Waals surface area contributed by atoms with Crippen molar-refractivity contribution in [2.24, 2.45) is 4.99 Å². The molecule has 0 aliphatic heterocycles. The molecule has 3 rings (SSSR count). The van der Waals surface area contributed by atoms with Gasteiger partial charge in [0, 0.05) is 23.9 Å². The maximum atomic E-state index is 4.48. The zero-order chi connectivity index (χ0) is 17.2. The van der Waals surface area contributed by atoms with Gasteiger partial charge in [0.2, 0.25) is 0 Å². The molecule has 1 saturated carbocycles. The van der Waals surface area contributed by atoms with Crippen LogP contribution < -0.4 is 10.6 Å². The van der Waals surface area contributed by atoms with Gasteiger partial charge in [-0.1, -0.05) is 24.3 Å². The summed E-state index contributed by atoms with van der Waals surface area (Å²) in [5, 5.41) is 8.05. The van der Waals surface area contributed by atoms with Crippen LogP contribution in [0.1, 0.15) is 39.5 Å². The van der Waals surface area contributed by atoms with Crippen LogP contribution >= 0.6 is 11.3 Å². The summed E-state index contributed by atoms with van der Waals surface area (Å²) in [4.78, 5) is 10.1. The maximum Gasteiger partial charge on any atom is 0.191 e. The Morgan fingerprint density at radius 2 is 1.96 bits per heavy atom. The molecule has 1 aromatic heterocycles. The fraction of sp³-hybridized carbons (Fsp3) is 0.474. The fourth-order valence-corrected chi connectivity index (χ4v) is 4.11. The Labute approximate surface area is 148 Å². The highest BCUT2D eigenvalue weighted by atomic mass is 32.1. The Hall–Kier alpha value is -1.88. The van der Waals surface area contributed by atoms with E-state index in [2.05, 4.69) is 58.7 Å². The monoisotopic (exact) mass is 342 g/mol. The van der Waals surface area contributed by atoms with E-state index < -0.39 is 0 Å². The second kappa shape index (κ2) is 6.93. The summed E-state index contributed by atoms with van der Waals surface area (Å²) in [6.07, 6.45) is 2.49. The van der Waals surface area contributed by atoms with Crippen LogP contribution in [-0.2, 0) is 12.0 Å². The molecule has 0 unspecified atom stereocenters. The Morgan fingerprint density at radius 3 is 2.54 bits per heavy atom. The molecule has 1 heterocycles. The number of thiazole rings is 1. The van der Waals surface area contributed by atoms with Crippen LogP contribution in [0.3, 0.4) is 0 Å². The summed E-state index contributed by atoms with van der Waals surface area (Å²) >= 11 is 1.75. The van der Waals surface area contributed by atoms with E-state index in [0.29, 0.717) is 0 Å².